The van der Waals surface area contributed by atoms with Gasteiger partial charge in [-0.2, -0.15) is 0 Å². The quantitative estimate of drug-likeness (QED) is 0.870. The maximum Gasteiger partial charge on any atom is 0.246 e. The van der Waals surface area contributed by atoms with E-state index in [9.17, 15) is 9.59 Å². The molecule has 1 aromatic heterocycles. The molecule has 25 heavy (non-hydrogen) atoms. The highest BCUT2D eigenvalue weighted by molar-refractivity contribution is 5.97. The molecule has 0 spiro atoms. The second-order valence-corrected chi connectivity index (χ2v) is 6.63. The standard InChI is InChI=1S/C19H21N3O3/c1-4-7-21-10-17(23)22-11(2)18-14(9-16(22)19(21)24)13-8-12(25-3)5-6-15(13)20-18/h4-6,8,11,16,20H,1,7,9-10H2,2-3H3. The number of ether oxygens (including phenoxy) is 1. The van der Waals surface area contributed by atoms with E-state index in [1.54, 1.807) is 23.0 Å². The van der Waals surface area contributed by atoms with E-state index in [0.717, 1.165) is 27.9 Å². The predicted octanol–water partition coefficient (Wildman–Crippen LogP) is 2.02. The normalized spacial score (nSPS) is 22.8. The molecule has 2 amide bonds. The van der Waals surface area contributed by atoms with Crippen LogP contribution in [-0.2, 0) is 16.0 Å². The molecule has 6 heteroatoms. The second kappa shape index (κ2) is 5.65. The first-order valence-electron chi connectivity index (χ1n) is 8.44. The molecule has 2 unspecified atom stereocenters. The number of aromatic nitrogens is 1. The van der Waals surface area contributed by atoms with Gasteiger partial charge in [-0.1, -0.05) is 6.08 Å². The monoisotopic (exact) mass is 339 g/mol. The number of hydrogen-bond donors (Lipinski definition) is 1. The maximum atomic E-state index is 12.9. The van der Waals surface area contributed by atoms with E-state index in [1.807, 2.05) is 25.1 Å². The maximum absolute atomic E-state index is 12.9. The van der Waals surface area contributed by atoms with Gasteiger partial charge >= 0.3 is 0 Å². The Morgan fingerprint density at radius 3 is 2.92 bits per heavy atom. The van der Waals surface area contributed by atoms with Crippen LogP contribution in [0.1, 0.15) is 24.2 Å². The van der Waals surface area contributed by atoms with Crippen LogP contribution in [0.4, 0.5) is 0 Å². The highest BCUT2D eigenvalue weighted by Crippen LogP contribution is 2.39. The molecule has 4 rings (SSSR count). The molecular formula is C19H21N3O3. The van der Waals surface area contributed by atoms with E-state index >= 15 is 0 Å². The SMILES string of the molecule is C=CCN1CC(=O)N2C(Cc3c([nH]c4ccc(OC)cc34)C2C)C1=O. The number of carbonyl (C=O) groups excluding carboxylic acids is 2. The van der Waals surface area contributed by atoms with Crippen molar-refractivity contribution in [3.63, 3.8) is 0 Å². The summed E-state index contributed by atoms with van der Waals surface area (Å²) in [6.45, 7) is 6.18. The first-order chi connectivity index (χ1) is 12.0. The lowest BCUT2D eigenvalue weighted by Crippen LogP contribution is -2.62. The number of rotatable bonds is 3. The number of fused-ring (bicyclic) bond motifs is 4. The van der Waals surface area contributed by atoms with Crippen LogP contribution in [0.3, 0.4) is 0 Å². The fourth-order valence-corrected chi connectivity index (χ4v) is 4.09. The minimum atomic E-state index is -0.450. The average molecular weight is 339 g/mol. The summed E-state index contributed by atoms with van der Waals surface area (Å²) < 4.78 is 5.34. The molecule has 1 N–H and O–H groups in total. The topological polar surface area (TPSA) is 65.6 Å². The van der Waals surface area contributed by atoms with Crippen molar-refractivity contribution in [1.82, 2.24) is 14.8 Å². The summed E-state index contributed by atoms with van der Waals surface area (Å²) in [4.78, 5) is 32.3. The first kappa shape index (κ1) is 15.7. The number of aromatic amines is 1. The molecule has 130 valence electrons. The van der Waals surface area contributed by atoms with E-state index in [4.69, 9.17) is 4.74 Å². The van der Waals surface area contributed by atoms with Crippen molar-refractivity contribution in [1.29, 1.82) is 0 Å². The summed E-state index contributed by atoms with van der Waals surface area (Å²) in [5, 5.41) is 1.06. The summed E-state index contributed by atoms with van der Waals surface area (Å²) in [6, 6.07) is 5.27. The average Bonchev–Trinajstić information content (AvgIpc) is 2.97. The van der Waals surface area contributed by atoms with Crippen molar-refractivity contribution in [2.24, 2.45) is 0 Å². The number of nitrogens with one attached hydrogen (secondary N) is 1. The molecule has 0 radical (unpaired) electrons. The van der Waals surface area contributed by atoms with E-state index in [-0.39, 0.29) is 24.4 Å². The summed E-state index contributed by atoms with van der Waals surface area (Å²) in [7, 11) is 1.64. The Balaban J connectivity index is 1.82. The lowest BCUT2D eigenvalue weighted by molar-refractivity contribution is -0.158. The van der Waals surface area contributed by atoms with Gasteiger partial charge in [-0.05, 0) is 30.7 Å². The van der Waals surface area contributed by atoms with Crippen LogP contribution < -0.4 is 4.74 Å². The van der Waals surface area contributed by atoms with Gasteiger partial charge in [-0.25, -0.2) is 0 Å². The number of carbonyl (C=O) groups is 2. The van der Waals surface area contributed by atoms with Crippen LogP contribution in [0, 0.1) is 0 Å². The van der Waals surface area contributed by atoms with Gasteiger partial charge in [0.1, 0.15) is 18.3 Å². The van der Waals surface area contributed by atoms with Crippen molar-refractivity contribution in [3.8, 4) is 5.75 Å². The van der Waals surface area contributed by atoms with E-state index < -0.39 is 6.04 Å². The zero-order valence-corrected chi connectivity index (χ0v) is 14.4. The van der Waals surface area contributed by atoms with Gasteiger partial charge in [0.15, 0.2) is 0 Å². The third-order valence-corrected chi connectivity index (χ3v) is 5.27. The molecule has 1 fully saturated rings. The highest BCUT2D eigenvalue weighted by atomic mass is 16.5. The molecule has 2 aliphatic heterocycles. The van der Waals surface area contributed by atoms with Crippen molar-refractivity contribution < 1.29 is 14.3 Å². The second-order valence-electron chi connectivity index (χ2n) is 6.63. The van der Waals surface area contributed by atoms with Crippen molar-refractivity contribution in [3.05, 3.63) is 42.1 Å². The van der Waals surface area contributed by atoms with Crippen LogP contribution in [0.25, 0.3) is 10.9 Å². The number of hydrogen-bond acceptors (Lipinski definition) is 3. The largest absolute Gasteiger partial charge is 0.497 e. The lowest BCUT2D eigenvalue weighted by atomic mass is 9.90. The van der Waals surface area contributed by atoms with E-state index in [2.05, 4.69) is 11.6 Å². The van der Waals surface area contributed by atoms with Gasteiger partial charge in [-0.3, -0.25) is 9.59 Å². The molecule has 6 nitrogen and oxygen atoms in total. The van der Waals surface area contributed by atoms with Crippen LogP contribution in [0.2, 0.25) is 0 Å². The van der Waals surface area contributed by atoms with Crippen molar-refractivity contribution in [2.75, 3.05) is 20.2 Å². The van der Waals surface area contributed by atoms with Crippen LogP contribution in [0.15, 0.2) is 30.9 Å². The zero-order chi connectivity index (χ0) is 17.7. The third-order valence-electron chi connectivity index (χ3n) is 5.27. The first-order valence-corrected chi connectivity index (χ1v) is 8.44. The number of benzene rings is 1. The number of H-pyrrole nitrogens is 1. The van der Waals surface area contributed by atoms with Gasteiger partial charge in [0.05, 0.1) is 13.2 Å². The summed E-state index contributed by atoms with van der Waals surface area (Å²) in [6.07, 6.45) is 2.18. The Labute approximate surface area is 146 Å². The van der Waals surface area contributed by atoms with Gasteiger partial charge in [0.25, 0.3) is 0 Å². The molecule has 0 saturated carbocycles. The number of methoxy groups -OCH3 is 1. The fourth-order valence-electron chi connectivity index (χ4n) is 4.09. The van der Waals surface area contributed by atoms with Gasteiger partial charge in [0.2, 0.25) is 11.8 Å². The summed E-state index contributed by atoms with van der Waals surface area (Å²) in [5.41, 5.74) is 3.11. The lowest BCUT2D eigenvalue weighted by Gasteiger charge is -2.45. The molecule has 1 aromatic carbocycles. The Kier molecular flexibility index (Phi) is 3.56. The number of nitrogens with zero attached hydrogens (tertiary/aromatic N) is 2. The van der Waals surface area contributed by atoms with Crippen molar-refractivity contribution >= 4 is 22.7 Å². The molecule has 0 aliphatic carbocycles. The highest BCUT2D eigenvalue weighted by Gasteiger charge is 2.45. The summed E-state index contributed by atoms with van der Waals surface area (Å²) >= 11 is 0. The Hall–Kier alpha value is -2.76. The van der Waals surface area contributed by atoms with Crippen LogP contribution >= 0.6 is 0 Å². The Morgan fingerprint density at radius 1 is 1.40 bits per heavy atom. The molecule has 3 heterocycles. The number of amides is 2. The molecule has 1 saturated heterocycles. The predicted molar refractivity (Wildman–Crippen MR) is 94.4 cm³/mol. The Morgan fingerprint density at radius 2 is 2.20 bits per heavy atom. The smallest absolute Gasteiger partial charge is 0.246 e. The minimum Gasteiger partial charge on any atom is -0.497 e. The molecular weight excluding hydrogens is 318 g/mol. The molecule has 2 atom stereocenters. The third kappa shape index (κ3) is 2.24. The van der Waals surface area contributed by atoms with Crippen LogP contribution in [0.5, 0.6) is 5.75 Å². The van der Waals surface area contributed by atoms with E-state index in [0.29, 0.717) is 13.0 Å². The molecule has 2 aromatic rings. The molecule has 0 bridgehead atoms. The summed E-state index contributed by atoms with van der Waals surface area (Å²) in [5.74, 6) is 0.763. The van der Waals surface area contributed by atoms with Crippen molar-refractivity contribution in [2.45, 2.75) is 25.4 Å². The molecule has 2 aliphatic rings. The fraction of sp³-hybridized carbons (Fsp3) is 0.368. The van der Waals surface area contributed by atoms with Gasteiger partial charge in [-0.15, -0.1) is 6.58 Å². The Bertz CT molecular complexity index is 885. The number of piperazine rings is 1. The van der Waals surface area contributed by atoms with Gasteiger partial charge in [0, 0.05) is 29.6 Å². The van der Waals surface area contributed by atoms with E-state index in [1.165, 1.54) is 0 Å². The van der Waals surface area contributed by atoms with Crippen LogP contribution in [-0.4, -0.2) is 52.8 Å². The zero-order valence-electron chi connectivity index (χ0n) is 14.4. The van der Waals surface area contributed by atoms with Gasteiger partial charge < -0.3 is 19.5 Å². The minimum absolute atomic E-state index is 0.00533.